The maximum atomic E-state index is 8.73. The van der Waals surface area contributed by atoms with Crippen molar-refractivity contribution < 1.29 is 9.47 Å². The van der Waals surface area contributed by atoms with Gasteiger partial charge in [-0.15, -0.1) is 0 Å². The zero-order chi connectivity index (χ0) is 15.2. The van der Waals surface area contributed by atoms with E-state index in [0.717, 1.165) is 5.56 Å². The number of thiocarbonyl (C=S) groups is 2. The van der Waals surface area contributed by atoms with Crippen molar-refractivity contribution in [1.82, 2.24) is 0 Å². The fourth-order valence-corrected chi connectivity index (χ4v) is 1.93. The Morgan fingerprint density at radius 1 is 0.905 bits per heavy atom. The van der Waals surface area contributed by atoms with Gasteiger partial charge in [-0.3, -0.25) is 0 Å². The Hall–Kier alpha value is -2.00. The average Bonchev–Trinajstić information content (AvgIpc) is 2.48. The van der Waals surface area contributed by atoms with Crippen LogP contribution >= 0.6 is 36.0 Å². The molecule has 0 aromatic heterocycles. The standard InChI is InChI=1S/C15H8ClNO2S2/c16-15(21)19-13-7-3-11(4-8-13)14(20)18-12-5-1-10(9-17)2-6-12/h1-8H. The van der Waals surface area contributed by atoms with Gasteiger partial charge in [0.1, 0.15) is 11.5 Å². The second kappa shape index (κ2) is 7.14. The highest BCUT2D eigenvalue weighted by Gasteiger charge is 2.05. The molecule has 3 nitrogen and oxygen atoms in total. The minimum Gasteiger partial charge on any atom is -0.445 e. The van der Waals surface area contributed by atoms with E-state index in [0.29, 0.717) is 22.1 Å². The number of nitrogens with zero attached hydrogens (tertiary/aromatic N) is 1. The fourth-order valence-electron chi connectivity index (χ4n) is 1.52. The van der Waals surface area contributed by atoms with Crippen molar-refractivity contribution in [2.75, 3.05) is 0 Å². The molecule has 2 aromatic rings. The first-order valence-electron chi connectivity index (χ1n) is 5.78. The molecule has 0 saturated carbocycles. The molecule has 0 heterocycles. The highest BCUT2D eigenvalue weighted by atomic mass is 35.5. The first-order valence-corrected chi connectivity index (χ1v) is 6.97. The third-order valence-electron chi connectivity index (χ3n) is 2.48. The highest BCUT2D eigenvalue weighted by Crippen LogP contribution is 2.17. The lowest BCUT2D eigenvalue weighted by Gasteiger charge is -2.08. The molecule has 0 aliphatic carbocycles. The number of ether oxygens (including phenoxy) is 2. The predicted octanol–water partition coefficient (Wildman–Crippen LogP) is 4.22. The van der Waals surface area contributed by atoms with Gasteiger partial charge in [0.25, 0.3) is 4.51 Å². The Morgan fingerprint density at radius 3 is 1.95 bits per heavy atom. The summed E-state index contributed by atoms with van der Waals surface area (Å²) in [5.74, 6) is 1.10. The van der Waals surface area contributed by atoms with Gasteiger partial charge in [0.05, 0.1) is 11.6 Å². The summed E-state index contributed by atoms with van der Waals surface area (Å²) in [4.78, 5) is 0. The van der Waals surface area contributed by atoms with Gasteiger partial charge in [-0.2, -0.15) is 5.26 Å². The van der Waals surface area contributed by atoms with Crippen molar-refractivity contribution in [2.45, 2.75) is 0 Å². The van der Waals surface area contributed by atoms with Crippen molar-refractivity contribution in [3.05, 3.63) is 59.7 Å². The van der Waals surface area contributed by atoms with E-state index in [4.69, 9.17) is 38.6 Å². The zero-order valence-corrected chi connectivity index (χ0v) is 13.0. The van der Waals surface area contributed by atoms with Crippen LogP contribution in [0.15, 0.2) is 48.5 Å². The van der Waals surface area contributed by atoms with Gasteiger partial charge < -0.3 is 9.47 Å². The number of halogens is 1. The Kier molecular flexibility index (Phi) is 5.23. The molecule has 0 saturated heterocycles. The minimum atomic E-state index is -0.0702. The van der Waals surface area contributed by atoms with E-state index in [9.17, 15) is 0 Å². The maximum absolute atomic E-state index is 8.73. The molecule has 2 aromatic carbocycles. The molecule has 2 rings (SSSR count). The lowest BCUT2D eigenvalue weighted by atomic mass is 10.2. The first-order chi connectivity index (χ1) is 10.1. The zero-order valence-electron chi connectivity index (χ0n) is 10.6. The van der Waals surface area contributed by atoms with E-state index in [1.54, 1.807) is 48.5 Å². The molecular formula is C15H8ClNO2S2. The van der Waals surface area contributed by atoms with E-state index < -0.39 is 0 Å². The Balaban J connectivity index is 2.05. The molecule has 0 amide bonds. The van der Waals surface area contributed by atoms with Crippen molar-refractivity contribution in [1.29, 1.82) is 5.26 Å². The van der Waals surface area contributed by atoms with Crippen LogP contribution in [-0.4, -0.2) is 9.56 Å². The summed E-state index contributed by atoms with van der Waals surface area (Å²) in [6.45, 7) is 0. The molecule has 0 unspecified atom stereocenters. The van der Waals surface area contributed by atoms with Gasteiger partial charge in [-0.05, 0) is 84.6 Å². The van der Waals surface area contributed by atoms with Crippen LogP contribution in [0.3, 0.4) is 0 Å². The molecule has 0 atom stereocenters. The summed E-state index contributed by atoms with van der Waals surface area (Å²) < 4.78 is 10.6. The fraction of sp³-hybridized carbons (Fsp3) is 0. The van der Waals surface area contributed by atoms with Gasteiger partial charge in [0, 0.05) is 5.56 Å². The van der Waals surface area contributed by atoms with Crippen LogP contribution in [0.1, 0.15) is 11.1 Å². The molecule has 0 aliphatic rings. The number of hydrogen-bond donors (Lipinski definition) is 0. The van der Waals surface area contributed by atoms with E-state index >= 15 is 0 Å². The summed E-state index contributed by atoms with van der Waals surface area (Å²) >= 11 is 15.3. The van der Waals surface area contributed by atoms with Crippen molar-refractivity contribution in [2.24, 2.45) is 0 Å². The Morgan fingerprint density at radius 2 is 1.43 bits per heavy atom. The SMILES string of the molecule is N#Cc1ccc(OC(=S)c2ccc(OC(=S)Cl)cc2)cc1. The molecule has 0 spiro atoms. The van der Waals surface area contributed by atoms with E-state index in [1.807, 2.05) is 6.07 Å². The number of rotatable bonds is 3. The van der Waals surface area contributed by atoms with Crippen molar-refractivity contribution in [3.63, 3.8) is 0 Å². The second-order valence-corrected chi connectivity index (χ2v) is 5.20. The van der Waals surface area contributed by atoms with Crippen molar-refractivity contribution in [3.8, 4) is 17.6 Å². The first kappa shape index (κ1) is 15.4. The maximum Gasteiger partial charge on any atom is 0.260 e. The molecule has 0 aliphatic heterocycles. The molecular weight excluding hydrogens is 326 g/mol. The van der Waals surface area contributed by atoms with Gasteiger partial charge in [-0.25, -0.2) is 0 Å². The van der Waals surface area contributed by atoms with E-state index in [1.165, 1.54) is 0 Å². The molecule has 0 bridgehead atoms. The molecule has 0 N–H and O–H groups in total. The molecule has 6 heteroatoms. The topological polar surface area (TPSA) is 42.2 Å². The molecule has 21 heavy (non-hydrogen) atoms. The van der Waals surface area contributed by atoms with Gasteiger partial charge in [-0.1, -0.05) is 0 Å². The summed E-state index contributed by atoms with van der Waals surface area (Å²) in [7, 11) is 0. The van der Waals surface area contributed by atoms with Gasteiger partial charge in [0.15, 0.2) is 5.05 Å². The summed E-state index contributed by atoms with van der Waals surface area (Å²) in [5.41, 5.74) is 1.29. The summed E-state index contributed by atoms with van der Waals surface area (Å²) in [5, 5.41) is 9.05. The van der Waals surface area contributed by atoms with Crippen LogP contribution in [0.4, 0.5) is 0 Å². The van der Waals surface area contributed by atoms with Crippen molar-refractivity contribution >= 4 is 45.6 Å². The Labute approximate surface area is 137 Å². The van der Waals surface area contributed by atoms with Crippen LogP contribution in [-0.2, 0) is 0 Å². The molecule has 0 radical (unpaired) electrons. The predicted molar refractivity (Wildman–Crippen MR) is 89.0 cm³/mol. The van der Waals surface area contributed by atoms with E-state index in [-0.39, 0.29) is 4.51 Å². The van der Waals surface area contributed by atoms with Gasteiger partial charge in [0.2, 0.25) is 0 Å². The number of nitriles is 1. The lowest BCUT2D eigenvalue weighted by Crippen LogP contribution is -2.07. The molecule has 0 fully saturated rings. The van der Waals surface area contributed by atoms with Crippen LogP contribution in [0.5, 0.6) is 11.5 Å². The van der Waals surface area contributed by atoms with E-state index in [2.05, 4.69) is 12.2 Å². The largest absolute Gasteiger partial charge is 0.445 e. The van der Waals surface area contributed by atoms with Crippen LogP contribution in [0.2, 0.25) is 0 Å². The third-order valence-corrected chi connectivity index (χ3v) is 2.96. The molecule has 104 valence electrons. The monoisotopic (exact) mass is 333 g/mol. The normalized spacial score (nSPS) is 9.52. The quantitative estimate of drug-likeness (QED) is 0.621. The second-order valence-electron chi connectivity index (χ2n) is 3.89. The highest BCUT2D eigenvalue weighted by molar-refractivity contribution is 7.82. The summed E-state index contributed by atoms with van der Waals surface area (Å²) in [6.07, 6.45) is 0. The van der Waals surface area contributed by atoms with Crippen LogP contribution in [0, 0.1) is 11.3 Å². The minimum absolute atomic E-state index is 0.0702. The average molecular weight is 334 g/mol. The third kappa shape index (κ3) is 4.50. The van der Waals surface area contributed by atoms with Gasteiger partial charge >= 0.3 is 0 Å². The lowest BCUT2D eigenvalue weighted by molar-refractivity contribution is 0.565. The van der Waals surface area contributed by atoms with Crippen LogP contribution in [0.25, 0.3) is 0 Å². The Bertz CT molecular complexity index is 706. The smallest absolute Gasteiger partial charge is 0.260 e. The number of hydrogen-bond acceptors (Lipinski definition) is 5. The van der Waals surface area contributed by atoms with Crippen LogP contribution < -0.4 is 9.47 Å². The number of benzene rings is 2. The summed E-state index contributed by atoms with van der Waals surface area (Å²) in [6, 6.07) is 15.6.